The predicted octanol–water partition coefficient (Wildman–Crippen LogP) is 1.32. The van der Waals surface area contributed by atoms with E-state index >= 15 is 0 Å². The molecule has 1 heterocycles. The van der Waals surface area contributed by atoms with Gasteiger partial charge in [-0.2, -0.15) is 0 Å². The Kier molecular flexibility index (Phi) is 2.41. The summed E-state index contributed by atoms with van der Waals surface area (Å²) in [5.74, 6) is 1.31. The van der Waals surface area contributed by atoms with E-state index in [-0.39, 0.29) is 7.52 Å². The Hall–Kier alpha value is -0.770. The fourth-order valence-corrected chi connectivity index (χ4v) is 2.39. The molecule has 4 nitrogen and oxygen atoms in total. The number of piperidine rings is 1. The van der Waals surface area contributed by atoms with Gasteiger partial charge in [0.1, 0.15) is 5.60 Å². The third kappa shape index (κ3) is 2.43. The fourth-order valence-electron chi connectivity index (χ4n) is 2.39. The number of ether oxygens (including phenoxy) is 1. The van der Waals surface area contributed by atoms with Crippen molar-refractivity contribution >= 4 is 6.09 Å². The molecule has 88 valence electrons. The van der Waals surface area contributed by atoms with Gasteiger partial charge in [-0.1, -0.05) is 0 Å². The zero-order valence-electron chi connectivity index (χ0n) is 9.91. The number of likely N-dealkylation sites (tertiary alicyclic amines) is 1. The molecule has 2 atom stereocenters. The van der Waals surface area contributed by atoms with Gasteiger partial charge in [0.2, 0.25) is 0 Å². The van der Waals surface area contributed by atoms with E-state index in [4.69, 9.17) is 4.74 Å². The maximum Gasteiger partial charge on any atom is 0.407 e. The number of nitrogens with one attached hydrogen (secondary N) is 1. The summed E-state index contributed by atoms with van der Waals surface area (Å²) >= 11 is 0. The lowest BCUT2D eigenvalue weighted by Crippen LogP contribution is -2.37. The summed E-state index contributed by atoms with van der Waals surface area (Å²) in [4.78, 5) is 13.8. The molecule has 1 aliphatic heterocycles. The Labute approximate surface area is 92.4 Å². The van der Waals surface area contributed by atoms with Gasteiger partial charge in [0.05, 0.1) is 0 Å². The Balaban J connectivity index is 0.00000128. The van der Waals surface area contributed by atoms with Crippen LogP contribution >= 0.6 is 0 Å². The maximum absolute atomic E-state index is 11.5. The van der Waals surface area contributed by atoms with Crippen molar-refractivity contribution in [1.82, 2.24) is 10.2 Å². The Morgan fingerprint density at radius 2 is 1.93 bits per heavy atom. The van der Waals surface area contributed by atoms with E-state index in [2.05, 4.69) is 17.3 Å². The van der Waals surface area contributed by atoms with Crippen LogP contribution in [0.3, 0.4) is 0 Å². The molecule has 0 aromatic heterocycles. The minimum absolute atomic E-state index is 0. The molecule has 0 radical (unpaired) electrons. The molecule has 1 amide bonds. The summed E-state index contributed by atoms with van der Waals surface area (Å²) in [6.45, 7) is 7.85. The molecule has 1 aliphatic carbocycles. The molecule has 0 bridgehead atoms. The van der Waals surface area contributed by atoms with E-state index in [0.717, 1.165) is 13.1 Å². The number of amides is 1. The van der Waals surface area contributed by atoms with E-state index in [1.807, 2.05) is 20.8 Å². The lowest BCUT2D eigenvalue weighted by molar-refractivity contribution is 0.0515. The van der Waals surface area contributed by atoms with E-state index in [0.29, 0.717) is 17.9 Å². The summed E-state index contributed by atoms with van der Waals surface area (Å²) in [6.07, 6.45) is -0.274. The molecule has 2 rings (SSSR count). The highest BCUT2D eigenvalue weighted by Gasteiger charge is 2.55. The lowest BCUT2D eigenvalue weighted by Gasteiger charge is -2.20. The number of rotatable bonds is 1. The third-order valence-electron chi connectivity index (χ3n) is 3.06. The third-order valence-corrected chi connectivity index (χ3v) is 3.06. The van der Waals surface area contributed by atoms with Gasteiger partial charge in [-0.15, -0.1) is 0 Å². The SMILES string of the molecule is CN1CC2C(C1)C2NC(=O)OC(C)(C)C.[HH]. The zero-order valence-corrected chi connectivity index (χ0v) is 9.91. The highest BCUT2D eigenvalue weighted by atomic mass is 16.6. The monoisotopic (exact) mass is 214 g/mol. The largest absolute Gasteiger partial charge is 0.444 e. The van der Waals surface area contributed by atoms with Crippen molar-refractivity contribution in [2.24, 2.45) is 11.8 Å². The lowest BCUT2D eigenvalue weighted by atomic mass is 10.2. The second-order valence-corrected chi connectivity index (χ2v) is 5.72. The fraction of sp³-hybridized carbons (Fsp3) is 0.909. The van der Waals surface area contributed by atoms with Crippen LogP contribution < -0.4 is 5.32 Å². The Morgan fingerprint density at radius 3 is 2.40 bits per heavy atom. The number of carbonyl (C=O) groups excluding carboxylic acids is 1. The Morgan fingerprint density at radius 1 is 1.40 bits per heavy atom. The second-order valence-electron chi connectivity index (χ2n) is 5.72. The summed E-state index contributed by atoms with van der Waals surface area (Å²) in [5, 5.41) is 2.95. The summed E-state index contributed by atoms with van der Waals surface area (Å²) in [5.41, 5.74) is -0.398. The minimum Gasteiger partial charge on any atom is -0.444 e. The van der Waals surface area contributed by atoms with Crippen LogP contribution in [-0.2, 0) is 4.74 Å². The molecule has 0 spiro atoms. The summed E-state index contributed by atoms with van der Waals surface area (Å²) in [6, 6.07) is 0.357. The van der Waals surface area contributed by atoms with Crippen molar-refractivity contribution in [3.63, 3.8) is 0 Å². The van der Waals surface area contributed by atoms with Gasteiger partial charge in [-0.3, -0.25) is 0 Å². The molecule has 1 saturated heterocycles. The normalized spacial score (nSPS) is 34.8. The van der Waals surface area contributed by atoms with E-state index in [1.165, 1.54) is 0 Å². The zero-order chi connectivity index (χ0) is 11.2. The van der Waals surface area contributed by atoms with Crippen LogP contribution in [0.1, 0.15) is 22.2 Å². The highest BCUT2D eigenvalue weighted by molar-refractivity contribution is 5.68. The first-order valence-corrected chi connectivity index (χ1v) is 5.55. The minimum atomic E-state index is -0.398. The van der Waals surface area contributed by atoms with Gasteiger partial charge < -0.3 is 15.0 Å². The first-order valence-electron chi connectivity index (χ1n) is 5.55. The number of hydrogen-bond acceptors (Lipinski definition) is 3. The van der Waals surface area contributed by atoms with E-state index < -0.39 is 5.60 Å². The van der Waals surface area contributed by atoms with Crippen LogP contribution in [0.15, 0.2) is 0 Å². The Bertz CT molecular complexity index is 266. The molecular formula is C11H22N2O2. The number of hydrogen-bond donors (Lipinski definition) is 1. The van der Waals surface area contributed by atoms with Gasteiger partial charge in [0.15, 0.2) is 0 Å². The average molecular weight is 214 g/mol. The van der Waals surface area contributed by atoms with Crippen molar-refractivity contribution in [1.29, 1.82) is 0 Å². The van der Waals surface area contributed by atoms with Crippen LogP contribution in [0, 0.1) is 11.8 Å². The first-order chi connectivity index (χ1) is 6.87. The van der Waals surface area contributed by atoms with Crippen molar-refractivity contribution < 1.29 is 11.0 Å². The molecule has 4 heteroatoms. The predicted molar refractivity (Wildman–Crippen MR) is 59.7 cm³/mol. The molecular weight excluding hydrogens is 192 g/mol. The van der Waals surface area contributed by atoms with E-state index in [1.54, 1.807) is 0 Å². The van der Waals surface area contributed by atoms with Crippen molar-refractivity contribution in [3.8, 4) is 0 Å². The van der Waals surface area contributed by atoms with Crippen LogP contribution in [0.25, 0.3) is 0 Å². The molecule has 2 unspecified atom stereocenters. The van der Waals surface area contributed by atoms with Crippen LogP contribution in [0.5, 0.6) is 0 Å². The van der Waals surface area contributed by atoms with Crippen molar-refractivity contribution in [2.75, 3.05) is 20.1 Å². The molecule has 15 heavy (non-hydrogen) atoms. The number of carbonyl (C=O) groups is 1. The van der Waals surface area contributed by atoms with Gasteiger partial charge in [0.25, 0.3) is 0 Å². The molecule has 2 aliphatic rings. The van der Waals surface area contributed by atoms with Crippen LogP contribution in [-0.4, -0.2) is 42.8 Å². The molecule has 1 N–H and O–H groups in total. The number of fused-ring (bicyclic) bond motifs is 1. The van der Waals surface area contributed by atoms with Crippen LogP contribution in [0.4, 0.5) is 4.79 Å². The summed E-state index contributed by atoms with van der Waals surface area (Å²) < 4.78 is 5.22. The highest BCUT2D eigenvalue weighted by Crippen LogP contribution is 2.44. The van der Waals surface area contributed by atoms with Gasteiger partial charge in [0, 0.05) is 20.6 Å². The smallest absolute Gasteiger partial charge is 0.407 e. The van der Waals surface area contributed by atoms with Crippen molar-refractivity contribution in [3.05, 3.63) is 0 Å². The first kappa shape index (κ1) is 10.7. The van der Waals surface area contributed by atoms with Gasteiger partial charge in [-0.05, 0) is 39.7 Å². The van der Waals surface area contributed by atoms with Crippen molar-refractivity contribution in [2.45, 2.75) is 32.4 Å². The molecule has 2 fully saturated rings. The van der Waals surface area contributed by atoms with E-state index in [9.17, 15) is 4.79 Å². The summed E-state index contributed by atoms with van der Waals surface area (Å²) in [7, 11) is 2.12. The average Bonchev–Trinajstić information content (AvgIpc) is 2.54. The van der Waals surface area contributed by atoms with Crippen LogP contribution in [0.2, 0.25) is 0 Å². The molecule has 0 aromatic carbocycles. The quantitative estimate of drug-likeness (QED) is 0.715. The number of nitrogens with zero attached hydrogens (tertiary/aromatic N) is 1. The standard InChI is InChI=1S/C11H20N2O2.H2/c1-11(2,3)15-10(14)12-9-7-5-13(4)6-8(7)9;/h7-9H,5-6H2,1-4H3,(H,12,14);1H. The maximum atomic E-state index is 11.5. The molecule has 0 aromatic rings. The molecule has 1 saturated carbocycles. The topological polar surface area (TPSA) is 41.6 Å². The van der Waals surface area contributed by atoms with Gasteiger partial charge >= 0.3 is 6.09 Å². The second kappa shape index (κ2) is 3.37. The van der Waals surface area contributed by atoms with Gasteiger partial charge in [-0.25, -0.2) is 4.79 Å². The number of alkyl carbamates (subject to hydrolysis) is 1.